The van der Waals surface area contributed by atoms with Crippen molar-refractivity contribution in [1.29, 1.82) is 0 Å². The molecule has 0 saturated carbocycles. The molecule has 0 fully saturated rings. The number of hydrogen-bond donors (Lipinski definition) is 1. The number of carbonyl (C=O) groups excluding carboxylic acids is 1. The van der Waals surface area contributed by atoms with Crippen LogP contribution in [-0.2, 0) is 13.6 Å². The summed E-state index contributed by atoms with van der Waals surface area (Å²) in [5.41, 5.74) is 3.71. The van der Waals surface area contributed by atoms with E-state index in [2.05, 4.69) is 20.7 Å². The van der Waals surface area contributed by atoms with Crippen LogP contribution in [0.2, 0.25) is 5.02 Å². The quantitative estimate of drug-likeness (QED) is 0.539. The molecule has 1 aromatic carbocycles. The predicted molar refractivity (Wildman–Crippen MR) is 109 cm³/mol. The number of anilines is 1. The fraction of sp³-hybridized carbons (Fsp3) is 0.200. The van der Waals surface area contributed by atoms with E-state index in [4.69, 9.17) is 16.1 Å². The summed E-state index contributed by atoms with van der Waals surface area (Å²) in [6, 6.07) is 9.11. The average molecular weight is 411 g/mol. The molecule has 29 heavy (non-hydrogen) atoms. The minimum atomic E-state index is -0.377. The molecule has 4 rings (SSSR count). The zero-order chi connectivity index (χ0) is 20.5. The lowest BCUT2D eigenvalue weighted by atomic mass is 10.2. The van der Waals surface area contributed by atoms with Crippen LogP contribution in [-0.4, -0.2) is 30.6 Å². The maximum absolute atomic E-state index is 12.7. The maximum atomic E-state index is 12.7. The molecule has 3 heterocycles. The Hall–Kier alpha value is -3.39. The molecular formula is C20H19ClN6O2. The number of hydrogen-bond acceptors (Lipinski definition) is 5. The van der Waals surface area contributed by atoms with Gasteiger partial charge in [-0.1, -0.05) is 28.9 Å². The number of aromatic nitrogens is 5. The fourth-order valence-corrected chi connectivity index (χ4v) is 3.20. The van der Waals surface area contributed by atoms with Gasteiger partial charge in [-0.15, -0.1) is 0 Å². The Labute approximate surface area is 172 Å². The Balaban J connectivity index is 1.55. The molecule has 3 aromatic heterocycles. The van der Waals surface area contributed by atoms with Crippen molar-refractivity contribution in [2.45, 2.75) is 20.4 Å². The van der Waals surface area contributed by atoms with Crippen LogP contribution in [0.15, 0.2) is 47.2 Å². The summed E-state index contributed by atoms with van der Waals surface area (Å²) in [7, 11) is 1.84. The highest BCUT2D eigenvalue weighted by Gasteiger charge is 2.19. The molecule has 0 aliphatic rings. The Morgan fingerprint density at radius 3 is 2.76 bits per heavy atom. The van der Waals surface area contributed by atoms with E-state index in [1.165, 1.54) is 0 Å². The molecular weight excluding hydrogens is 392 g/mol. The summed E-state index contributed by atoms with van der Waals surface area (Å²) in [6.45, 7) is 4.27. The van der Waals surface area contributed by atoms with Gasteiger partial charge in [0.2, 0.25) is 0 Å². The van der Waals surface area contributed by atoms with E-state index < -0.39 is 0 Å². The Morgan fingerprint density at radius 1 is 1.21 bits per heavy atom. The molecule has 0 unspecified atom stereocenters. The van der Waals surface area contributed by atoms with Crippen LogP contribution in [0.25, 0.3) is 11.3 Å². The second kappa shape index (κ2) is 7.56. The zero-order valence-corrected chi connectivity index (χ0v) is 16.9. The molecule has 1 amide bonds. The first kappa shape index (κ1) is 18.9. The van der Waals surface area contributed by atoms with Crippen LogP contribution in [0.4, 0.5) is 5.82 Å². The molecule has 0 aliphatic heterocycles. The normalized spacial score (nSPS) is 11.0. The summed E-state index contributed by atoms with van der Waals surface area (Å²) < 4.78 is 8.80. The van der Waals surface area contributed by atoms with Crippen LogP contribution in [0.3, 0.4) is 0 Å². The molecule has 0 atom stereocenters. The van der Waals surface area contributed by atoms with E-state index in [1.54, 1.807) is 27.8 Å². The van der Waals surface area contributed by atoms with E-state index >= 15 is 0 Å². The number of amides is 1. The zero-order valence-electron chi connectivity index (χ0n) is 16.2. The van der Waals surface area contributed by atoms with Gasteiger partial charge in [-0.25, -0.2) is 4.68 Å². The Morgan fingerprint density at radius 2 is 2.03 bits per heavy atom. The number of benzene rings is 1. The van der Waals surface area contributed by atoms with Gasteiger partial charge in [-0.3, -0.25) is 9.48 Å². The third-order valence-corrected chi connectivity index (χ3v) is 4.95. The van der Waals surface area contributed by atoms with Gasteiger partial charge >= 0.3 is 0 Å². The molecule has 0 bridgehead atoms. The third-order valence-electron chi connectivity index (χ3n) is 4.72. The first-order chi connectivity index (χ1) is 13.9. The SMILES string of the molecule is Cc1cnn(Cc2cccc(Cl)c2)c1NC(=O)c1cc(-c2cnn(C)c2C)on1. The first-order valence-electron chi connectivity index (χ1n) is 8.96. The Bertz CT molecular complexity index is 1190. The van der Waals surface area contributed by atoms with Gasteiger partial charge in [0.25, 0.3) is 5.91 Å². The van der Waals surface area contributed by atoms with Gasteiger partial charge in [0.1, 0.15) is 5.82 Å². The van der Waals surface area contributed by atoms with Gasteiger partial charge in [0.05, 0.1) is 24.5 Å². The number of carbonyl (C=O) groups is 1. The van der Waals surface area contributed by atoms with Crippen LogP contribution in [0.5, 0.6) is 0 Å². The third kappa shape index (κ3) is 3.79. The van der Waals surface area contributed by atoms with Gasteiger partial charge in [-0.05, 0) is 31.5 Å². The van der Waals surface area contributed by atoms with Crippen molar-refractivity contribution < 1.29 is 9.32 Å². The summed E-state index contributed by atoms with van der Waals surface area (Å²) in [5.74, 6) is 0.708. The maximum Gasteiger partial charge on any atom is 0.279 e. The molecule has 0 spiro atoms. The second-order valence-electron chi connectivity index (χ2n) is 6.76. The minimum absolute atomic E-state index is 0.179. The van der Waals surface area contributed by atoms with Gasteiger partial charge in [-0.2, -0.15) is 10.2 Å². The molecule has 8 nitrogen and oxygen atoms in total. The van der Waals surface area contributed by atoms with Crippen molar-refractivity contribution >= 4 is 23.3 Å². The van der Waals surface area contributed by atoms with E-state index in [9.17, 15) is 4.79 Å². The van der Waals surface area contributed by atoms with Crippen molar-refractivity contribution in [2.75, 3.05) is 5.32 Å². The molecule has 9 heteroatoms. The highest BCUT2D eigenvalue weighted by atomic mass is 35.5. The van der Waals surface area contributed by atoms with Gasteiger partial charge in [0, 0.05) is 29.4 Å². The number of nitrogens with one attached hydrogen (secondary N) is 1. The topological polar surface area (TPSA) is 90.8 Å². The standard InChI is InChI=1S/C20H19ClN6O2/c1-12-9-23-27(11-14-5-4-6-15(21)7-14)19(12)24-20(28)17-8-18(29-25-17)16-10-22-26(3)13(16)2/h4-10H,11H2,1-3H3,(H,24,28). The highest BCUT2D eigenvalue weighted by molar-refractivity contribution is 6.30. The van der Waals surface area contributed by atoms with Crippen molar-refractivity contribution in [3.8, 4) is 11.3 Å². The second-order valence-corrected chi connectivity index (χ2v) is 7.20. The van der Waals surface area contributed by atoms with E-state index in [1.807, 2.05) is 45.2 Å². The lowest BCUT2D eigenvalue weighted by Gasteiger charge is -2.09. The van der Waals surface area contributed by atoms with Crippen molar-refractivity contribution in [1.82, 2.24) is 24.7 Å². The van der Waals surface area contributed by atoms with Crippen LogP contribution < -0.4 is 5.32 Å². The number of halogens is 1. The summed E-state index contributed by atoms with van der Waals surface area (Å²) in [4.78, 5) is 12.7. The van der Waals surface area contributed by atoms with Crippen LogP contribution in [0, 0.1) is 13.8 Å². The monoisotopic (exact) mass is 410 g/mol. The smallest absolute Gasteiger partial charge is 0.279 e. The van der Waals surface area contributed by atoms with Crippen LogP contribution >= 0.6 is 11.6 Å². The molecule has 148 valence electrons. The largest absolute Gasteiger partial charge is 0.355 e. The number of aryl methyl sites for hydroxylation is 2. The summed E-state index contributed by atoms with van der Waals surface area (Å²) >= 11 is 6.06. The van der Waals surface area contributed by atoms with E-state index in [0.717, 1.165) is 22.4 Å². The van der Waals surface area contributed by atoms with Gasteiger partial charge < -0.3 is 9.84 Å². The van der Waals surface area contributed by atoms with E-state index in [-0.39, 0.29) is 11.6 Å². The molecule has 0 saturated heterocycles. The van der Waals surface area contributed by atoms with Gasteiger partial charge in [0.15, 0.2) is 11.5 Å². The van der Waals surface area contributed by atoms with Crippen molar-refractivity contribution in [3.05, 3.63) is 70.3 Å². The highest BCUT2D eigenvalue weighted by Crippen LogP contribution is 2.24. The number of rotatable bonds is 5. The minimum Gasteiger partial charge on any atom is -0.355 e. The first-order valence-corrected chi connectivity index (χ1v) is 9.34. The fourth-order valence-electron chi connectivity index (χ4n) is 2.99. The lowest BCUT2D eigenvalue weighted by molar-refractivity contribution is 0.101. The van der Waals surface area contributed by atoms with Crippen LogP contribution in [0.1, 0.15) is 27.3 Å². The molecule has 0 aliphatic carbocycles. The summed E-state index contributed by atoms with van der Waals surface area (Å²) in [6.07, 6.45) is 3.38. The molecule has 1 N–H and O–H groups in total. The lowest BCUT2D eigenvalue weighted by Crippen LogP contribution is -2.17. The number of nitrogens with zero attached hydrogens (tertiary/aromatic N) is 5. The average Bonchev–Trinajstić information content (AvgIpc) is 3.38. The predicted octanol–water partition coefficient (Wildman–Crippen LogP) is 3.84. The Kier molecular flexibility index (Phi) is 4.94. The van der Waals surface area contributed by atoms with E-state index in [0.29, 0.717) is 23.1 Å². The molecule has 4 aromatic rings. The summed E-state index contributed by atoms with van der Waals surface area (Å²) in [5, 5.41) is 16.0. The van der Waals surface area contributed by atoms with Crippen molar-refractivity contribution in [3.63, 3.8) is 0 Å². The molecule has 0 radical (unpaired) electrons. The van der Waals surface area contributed by atoms with Crippen molar-refractivity contribution in [2.24, 2.45) is 7.05 Å².